The number of carbonyl (C=O) groups is 1. The zero-order valence-corrected chi connectivity index (χ0v) is 8.49. The fourth-order valence-electron chi connectivity index (χ4n) is 1.78. The van der Waals surface area contributed by atoms with Crippen LogP contribution in [0, 0.1) is 12.3 Å². The SMILES string of the molecule is C#C[C@](C)(O)[C@@H]1CCCN1C(=O)OC. The summed E-state index contributed by atoms with van der Waals surface area (Å²) in [5, 5.41) is 9.85. The Morgan fingerprint density at radius 3 is 2.93 bits per heavy atom. The summed E-state index contributed by atoms with van der Waals surface area (Å²) in [6.07, 6.45) is 6.34. The number of amides is 1. The van der Waals surface area contributed by atoms with Crippen LogP contribution < -0.4 is 0 Å². The summed E-state index contributed by atoms with van der Waals surface area (Å²) in [5.41, 5.74) is -1.27. The fourth-order valence-corrected chi connectivity index (χ4v) is 1.78. The molecular weight excluding hydrogens is 182 g/mol. The number of ether oxygens (including phenoxy) is 1. The lowest BCUT2D eigenvalue weighted by Crippen LogP contribution is -2.49. The van der Waals surface area contributed by atoms with E-state index in [0.717, 1.165) is 6.42 Å². The number of hydrogen-bond donors (Lipinski definition) is 1. The molecule has 0 aromatic carbocycles. The number of methoxy groups -OCH3 is 1. The predicted molar refractivity (Wildman–Crippen MR) is 51.6 cm³/mol. The van der Waals surface area contributed by atoms with Gasteiger partial charge >= 0.3 is 6.09 Å². The van der Waals surface area contributed by atoms with E-state index in [1.807, 2.05) is 0 Å². The largest absolute Gasteiger partial charge is 0.453 e. The topological polar surface area (TPSA) is 49.8 Å². The molecule has 4 nitrogen and oxygen atoms in total. The molecule has 1 saturated heterocycles. The van der Waals surface area contributed by atoms with E-state index in [0.29, 0.717) is 13.0 Å². The van der Waals surface area contributed by atoms with Gasteiger partial charge in [-0.3, -0.25) is 0 Å². The lowest BCUT2D eigenvalue weighted by molar-refractivity contribution is 0.0275. The lowest BCUT2D eigenvalue weighted by Gasteiger charge is -2.31. The summed E-state index contributed by atoms with van der Waals surface area (Å²) in [6.45, 7) is 2.13. The van der Waals surface area contributed by atoms with Gasteiger partial charge in [0, 0.05) is 6.54 Å². The molecule has 4 heteroatoms. The minimum absolute atomic E-state index is 0.333. The highest BCUT2D eigenvalue weighted by atomic mass is 16.5. The Balaban J connectivity index is 2.80. The summed E-state index contributed by atoms with van der Waals surface area (Å²) in [6, 6.07) is -0.333. The Morgan fingerprint density at radius 2 is 2.43 bits per heavy atom. The van der Waals surface area contributed by atoms with Crippen molar-refractivity contribution < 1.29 is 14.6 Å². The third-order valence-electron chi connectivity index (χ3n) is 2.60. The van der Waals surface area contributed by atoms with Crippen LogP contribution in [0.2, 0.25) is 0 Å². The minimum atomic E-state index is -1.27. The molecule has 0 aliphatic carbocycles. The monoisotopic (exact) mass is 197 g/mol. The molecule has 1 rings (SSSR count). The van der Waals surface area contributed by atoms with Crippen LogP contribution in [0.3, 0.4) is 0 Å². The molecule has 1 fully saturated rings. The third kappa shape index (κ3) is 1.83. The molecule has 2 atom stereocenters. The van der Waals surface area contributed by atoms with E-state index in [-0.39, 0.29) is 6.04 Å². The molecule has 1 aliphatic rings. The van der Waals surface area contributed by atoms with Gasteiger partial charge in [0.1, 0.15) is 5.60 Å². The molecule has 0 aromatic heterocycles. The van der Waals surface area contributed by atoms with Crippen molar-refractivity contribution in [2.45, 2.75) is 31.4 Å². The molecule has 1 N–H and O–H groups in total. The van der Waals surface area contributed by atoms with E-state index in [9.17, 15) is 9.90 Å². The van der Waals surface area contributed by atoms with Crippen molar-refractivity contribution in [3.8, 4) is 12.3 Å². The molecule has 0 radical (unpaired) electrons. The van der Waals surface area contributed by atoms with Crippen molar-refractivity contribution in [3.63, 3.8) is 0 Å². The van der Waals surface area contributed by atoms with Gasteiger partial charge in [-0.05, 0) is 19.8 Å². The van der Waals surface area contributed by atoms with E-state index in [2.05, 4.69) is 10.7 Å². The highest BCUT2D eigenvalue weighted by Crippen LogP contribution is 2.26. The third-order valence-corrected chi connectivity index (χ3v) is 2.60. The first-order valence-electron chi connectivity index (χ1n) is 4.57. The number of hydrogen-bond acceptors (Lipinski definition) is 3. The van der Waals surface area contributed by atoms with Crippen molar-refractivity contribution in [2.24, 2.45) is 0 Å². The van der Waals surface area contributed by atoms with Gasteiger partial charge in [-0.15, -0.1) is 6.42 Å². The first kappa shape index (κ1) is 10.9. The van der Waals surface area contributed by atoms with Gasteiger partial charge < -0.3 is 14.7 Å². The van der Waals surface area contributed by atoms with Gasteiger partial charge in [-0.2, -0.15) is 0 Å². The molecule has 0 unspecified atom stereocenters. The Hall–Kier alpha value is -1.21. The van der Waals surface area contributed by atoms with Crippen LogP contribution >= 0.6 is 0 Å². The fraction of sp³-hybridized carbons (Fsp3) is 0.700. The van der Waals surface area contributed by atoms with Crippen molar-refractivity contribution in [2.75, 3.05) is 13.7 Å². The van der Waals surface area contributed by atoms with Crippen molar-refractivity contribution >= 4 is 6.09 Å². The number of aliphatic hydroxyl groups is 1. The van der Waals surface area contributed by atoms with Crippen molar-refractivity contribution in [1.29, 1.82) is 0 Å². The molecule has 1 amide bonds. The normalized spacial score (nSPS) is 25.3. The average molecular weight is 197 g/mol. The highest BCUT2D eigenvalue weighted by Gasteiger charge is 2.40. The summed E-state index contributed by atoms with van der Waals surface area (Å²) >= 11 is 0. The van der Waals surface area contributed by atoms with E-state index >= 15 is 0 Å². The first-order valence-corrected chi connectivity index (χ1v) is 4.57. The second-order valence-electron chi connectivity index (χ2n) is 3.61. The van der Waals surface area contributed by atoms with Crippen LogP contribution in [0.25, 0.3) is 0 Å². The second kappa shape index (κ2) is 3.89. The van der Waals surface area contributed by atoms with Crippen LogP contribution in [-0.4, -0.2) is 41.4 Å². The van der Waals surface area contributed by atoms with E-state index in [1.165, 1.54) is 12.0 Å². The maximum atomic E-state index is 11.3. The lowest BCUT2D eigenvalue weighted by atomic mass is 9.95. The number of carbonyl (C=O) groups excluding carboxylic acids is 1. The molecule has 0 spiro atoms. The molecule has 0 aromatic rings. The van der Waals surface area contributed by atoms with Crippen LogP contribution in [0.5, 0.6) is 0 Å². The van der Waals surface area contributed by atoms with Gasteiger partial charge in [-0.1, -0.05) is 5.92 Å². The number of terminal acetylenes is 1. The second-order valence-corrected chi connectivity index (χ2v) is 3.61. The zero-order valence-electron chi connectivity index (χ0n) is 8.49. The van der Waals surface area contributed by atoms with Gasteiger partial charge in [0.05, 0.1) is 13.2 Å². The molecule has 0 bridgehead atoms. The quantitative estimate of drug-likeness (QED) is 0.626. The first-order chi connectivity index (χ1) is 6.53. The van der Waals surface area contributed by atoms with Crippen molar-refractivity contribution in [3.05, 3.63) is 0 Å². The summed E-state index contributed by atoms with van der Waals surface area (Å²) in [5.74, 6) is 2.30. The molecular formula is C10H15NO3. The van der Waals surface area contributed by atoms with E-state index in [1.54, 1.807) is 6.92 Å². The smallest absolute Gasteiger partial charge is 0.409 e. The van der Waals surface area contributed by atoms with Gasteiger partial charge in [0.2, 0.25) is 0 Å². The maximum absolute atomic E-state index is 11.3. The number of likely N-dealkylation sites (tertiary alicyclic amines) is 1. The predicted octanol–water partition coefficient (Wildman–Crippen LogP) is 0.601. The van der Waals surface area contributed by atoms with Crippen LogP contribution in [0.1, 0.15) is 19.8 Å². The average Bonchev–Trinajstić information content (AvgIpc) is 2.65. The molecule has 1 heterocycles. The maximum Gasteiger partial charge on any atom is 0.409 e. The molecule has 1 aliphatic heterocycles. The molecule has 78 valence electrons. The minimum Gasteiger partial charge on any atom is -0.453 e. The Morgan fingerprint density at radius 1 is 1.79 bits per heavy atom. The van der Waals surface area contributed by atoms with Crippen molar-refractivity contribution in [1.82, 2.24) is 4.90 Å². The summed E-state index contributed by atoms with van der Waals surface area (Å²) in [7, 11) is 1.32. The Labute approximate surface area is 83.8 Å². The Bertz CT molecular complexity index is 267. The summed E-state index contributed by atoms with van der Waals surface area (Å²) in [4.78, 5) is 12.8. The van der Waals surface area contributed by atoms with Crippen LogP contribution in [0.15, 0.2) is 0 Å². The van der Waals surface area contributed by atoms with E-state index in [4.69, 9.17) is 6.42 Å². The Kier molecular flexibility index (Phi) is 3.02. The van der Waals surface area contributed by atoms with E-state index < -0.39 is 11.7 Å². The summed E-state index contributed by atoms with van der Waals surface area (Å²) < 4.78 is 4.61. The van der Waals surface area contributed by atoms with Gasteiger partial charge in [-0.25, -0.2) is 4.79 Å². The van der Waals surface area contributed by atoms with Crippen LogP contribution in [-0.2, 0) is 4.74 Å². The number of nitrogens with zero attached hydrogens (tertiary/aromatic N) is 1. The molecule has 0 saturated carbocycles. The van der Waals surface area contributed by atoms with Crippen LogP contribution in [0.4, 0.5) is 4.79 Å². The highest BCUT2D eigenvalue weighted by molar-refractivity contribution is 5.68. The standard InChI is InChI=1S/C10H15NO3/c1-4-10(2,13)8-6-5-7-11(8)9(12)14-3/h1,8,13H,5-7H2,2-3H3/t8-,10-/m0/s1. The van der Waals surface area contributed by atoms with Gasteiger partial charge in [0.25, 0.3) is 0 Å². The molecule has 14 heavy (non-hydrogen) atoms. The number of rotatable bonds is 1. The van der Waals surface area contributed by atoms with Gasteiger partial charge in [0.15, 0.2) is 0 Å². The zero-order chi connectivity index (χ0) is 10.8.